The number of unbranched alkanes of at least 4 members (excludes halogenated alkanes) is 9. The minimum absolute atomic E-state index is 0.247. The Morgan fingerprint density at radius 1 is 0.722 bits per heavy atom. The van der Waals surface area contributed by atoms with E-state index in [0.717, 1.165) is 25.8 Å². The van der Waals surface area contributed by atoms with Gasteiger partial charge in [0.1, 0.15) is 0 Å². The molecule has 0 aromatic heterocycles. The van der Waals surface area contributed by atoms with Crippen molar-refractivity contribution in [3.05, 3.63) is 0 Å². The van der Waals surface area contributed by atoms with E-state index < -0.39 is 0 Å². The lowest BCUT2D eigenvalue weighted by atomic mass is 10.1. The van der Waals surface area contributed by atoms with Gasteiger partial charge < -0.3 is 5.32 Å². The van der Waals surface area contributed by atoms with E-state index >= 15 is 0 Å². The van der Waals surface area contributed by atoms with Gasteiger partial charge in [-0.2, -0.15) is 0 Å². The zero-order chi connectivity index (χ0) is 13.5. The molecule has 0 rings (SSSR count). The Labute approximate surface area is 114 Å². The van der Waals surface area contributed by atoms with Crippen molar-refractivity contribution in [1.29, 1.82) is 0 Å². The van der Waals surface area contributed by atoms with Crippen molar-refractivity contribution in [3.63, 3.8) is 0 Å². The van der Waals surface area contributed by atoms with E-state index in [1.54, 1.807) is 0 Å². The van der Waals surface area contributed by atoms with Gasteiger partial charge >= 0.3 is 0 Å². The zero-order valence-electron chi connectivity index (χ0n) is 12.6. The van der Waals surface area contributed by atoms with Crippen LogP contribution in [0.4, 0.5) is 0 Å². The molecule has 0 aliphatic rings. The fourth-order valence-electron chi connectivity index (χ4n) is 2.11. The molecule has 18 heavy (non-hydrogen) atoms. The molecule has 0 aromatic rings. The number of nitrogens with one attached hydrogen (secondary N) is 1. The van der Waals surface area contributed by atoms with Crippen molar-refractivity contribution in [1.82, 2.24) is 5.32 Å². The van der Waals surface area contributed by atoms with Crippen LogP contribution < -0.4 is 5.32 Å². The van der Waals surface area contributed by atoms with E-state index in [1.165, 1.54) is 57.8 Å². The van der Waals surface area contributed by atoms with Crippen molar-refractivity contribution in [2.75, 3.05) is 6.54 Å². The van der Waals surface area contributed by atoms with Crippen molar-refractivity contribution < 1.29 is 4.79 Å². The lowest BCUT2D eigenvalue weighted by Crippen LogP contribution is -2.23. The van der Waals surface area contributed by atoms with Crippen LogP contribution in [-0.2, 0) is 4.79 Å². The quantitative estimate of drug-likeness (QED) is 0.469. The van der Waals surface area contributed by atoms with Crippen LogP contribution in [0.1, 0.15) is 90.9 Å². The highest BCUT2D eigenvalue weighted by molar-refractivity contribution is 5.75. The summed E-state index contributed by atoms with van der Waals surface area (Å²) in [6.45, 7) is 5.30. The molecule has 0 aliphatic carbocycles. The summed E-state index contributed by atoms with van der Waals surface area (Å²) in [5.41, 5.74) is 0. The smallest absolute Gasteiger partial charge is 0.219 e. The molecule has 0 atom stereocenters. The first kappa shape index (κ1) is 17.5. The highest BCUT2D eigenvalue weighted by Crippen LogP contribution is 2.09. The van der Waals surface area contributed by atoms with E-state index in [4.69, 9.17) is 0 Å². The minimum Gasteiger partial charge on any atom is -0.356 e. The zero-order valence-corrected chi connectivity index (χ0v) is 12.6. The van der Waals surface area contributed by atoms with Gasteiger partial charge in [0.05, 0.1) is 0 Å². The summed E-state index contributed by atoms with van der Waals surface area (Å²) < 4.78 is 0. The molecular weight excluding hydrogens is 222 g/mol. The second-order valence-corrected chi connectivity index (χ2v) is 5.28. The molecule has 0 fully saturated rings. The minimum atomic E-state index is 0.247. The third-order valence-electron chi connectivity index (χ3n) is 3.36. The Bertz CT molecular complexity index is 180. The lowest BCUT2D eigenvalue weighted by Gasteiger charge is -2.04. The molecule has 0 aliphatic heterocycles. The summed E-state index contributed by atoms with van der Waals surface area (Å²) in [4.78, 5) is 11.5. The molecule has 2 heteroatoms. The Hall–Kier alpha value is -0.530. The topological polar surface area (TPSA) is 29.1 Å². The SMILES string of the molecule is CCCCCCCCCCC(=O)NCCCCC. The summed E-state index contributed by atoms with van der Waals surface area (Å²) in [7, 11) is 0. The molecule has 108 valence electrons. The van der Waals surface area contributed by atoms with Crippen LogP contribution in [0.2, 0.25) is 0 Å². The highest BCUT2D eigenvalue weighted by atomic mass is 16.1. The van der Waals surface area contributed by atoms with Crippen molar-refractivity contribution in [3.8, 4) is 0 Å². The first-order valence-electron chi connectivity index (χ1n) is 8.08. The van der Waals surface area contributed by atoms with E-state index in [0.29, 0.717) is 0 Å². The maximum Gasteiger partial charge on any atom is 0.219 e. The Morgan fingerprint density at radius 2 is 1.22 bits per heavy atom. The number of carbonyl (C=O) groups excluding carboxylic acids is 1. The Balaban J connectivity index is 3.10. The average molecular weight is 255 g/mol. The monoisotopic (exact) mass is 255 g/mol. The third kappa shape index (κ3) is 13.5. The normalized spacial score (nSPS) is 10.6. The number of amides is 1. The Morgan fingerprint density at radius 3 is 1.83 bits per heavy atom. The first-order valence-corrected chi connectivity index (χ1v) is 8.08. The summed E-state index contributed by atoms with van der Waals surface area (Å²) >= 11 is 0. The van der Waals surface area contributed by atoms with E-state index in [1.807, 2.05) is 0 Å². The largest absolute Gasteiger partial charge is 0.356 e. The van der Waals surface area contributed by atoms with Gasteiger partial charge in [-0.25, -0.2) is 0 Å². The van der Waals surface area contributed by atoms with E-state index in [-0.39, 0.29) is 5.91 Å². The van der Waals surface area contributed by atoms with Crippen LogP contribution >= 0.6 is 0 Å². The number of hydrogen-bond donors (Lipinski definition) is 1. The Kier molecular flexibility index (Phi) is 14.1. The molecule has 1 amide bonds. The van der Waals surface area contributed by atoms with Crippen LogP contribution in [0.25, 0.3) is 0 Å². The van der Waals surface area contributed by atoms with Crippen LogP contribution in [0, 0.1) is 0 Å². The van der Waals surface area contributed by atoms with Gasteiger partial charge in [0, 0.05) is 13.0 Å². The number of hydrogen-bond acceptors (Lipinski definition) is 1. The summed E-state index contributed by atoms with van der Waals surface area (Å²) in [5.74, 6) is 0.247. The van der Waals surface area contributed by atoms with E-state index in [2.05, 4.69) is 19.2 Å². The van der Waals surface area contributed by atoms with Crippen molar-refractivity contribution in [2.24, 2.45) is 0 Å². The van der Waals surface area contributed by atoms with Gasteiger partial charge in [-0.1, -0.05) is 71.6 Å². The van der Waals surface area contributed by atoms with Crippen LogP contribution in [0.3, 0.4) is 0 Å². The van der Waals surface area contributed by atoms with E-state index in [9.17, 15) is 4.79 Å². The van der Waals surface area contributed by atoms with Gasteiger partial charge in [-0.3, -0.25) is 4.79 Å². The second kappa shape index (κ2) is 14.5. The molecule has 0 aromatic carbocycles. The average Bonchev–Trinajstić information content (AvgIpc) is 2.38. The van der Waals surface area contributed by atoms with Gasteiger partial charge in [-0.05, 0) is 12.8 Å². The molecule has 0 saturated carbocycles. The summed E-state index contributed by atoms with van der Waals surface area (Å²) in [6.07, 6.45) is 14.7. The van der Waals surface area contributed by atoms with Crippen LogP contribution in [0.15, 0.2) is 0 Å². The molecule has 0 saturated heterocycles. The second-order valence-electron chi connectivity index (χ2n) is 5.28. The fraction of sp³-hybridized carbons (Fsp3) is 0.938. The number of rotatable bonds is 13. The fourth-order valence-corrected chi connectivity index (χ4v) is 2.11. The highest BCUT2D eigenvalue weighted by Gasteiger charge is 1.99. The van der Waals surface area contributed by atoms with Gasteiger partial charge in [0.15, 0.2) is 0 Å². The first-order chi connectivity index (χ1) is 8.81. The van der Waals surface area contributed by atoms with Crippen molar-refractivity contribution in [2.45, 2.75) is 90.9 Å². The molecule has 0 spiro atoms. The maximum atomic E-state index is 11.5. The molecule has 2 nitrogen and oxygen atoms in total. The molecular formula is C16H33NO. The maximum absolute atomic E-state index is 11.5. The molecule has 0 bridgehead atoms. The van der Waals surface area contributed by atoms with Gasteiger partial charge in [0.25, 0.3) is 0 Å². The standard InChI is InChI=1S/C16H33NO/c1-3-5-7-8-9-10-11-12-14-16(18)17-15-13-6-4-2/h3-15H2,1-2H3,(H,17,18). The van der Waals surface area contributed by atoms with Crippen LogP contribution in [-0.4, -0.2) is 12.5 Å². The van der Waals surface area contributed by atoms with Gasteiger partial charge in [0.2, 0.25) is 5.91 Å². The molecule has 1 N–H and O–H groups in total. The third-order valence-corrected chi connectivity index (χ3v) is 3.36. The summed E-state index contributed by atoms with van der Waals surface area (Å²) in [6, 6.07) is 0. The predicted molar refractivity (Wildman–Crippen MR) is 79.8 cm³/mol. The van der Waals surface area contributed by atoms with Crippen LogP contribution in [0.5, 0.6) is 0 Å². The van der Waals surface area contributed by atoms with Gasteiger partial charge in [-0.15, -0.1) is 0 Å². The predicted octanol–water partition coefficient (Wildman–Crippen LogP) is 4.82. The molecule has 0 unspecified atom stereocenters. The number of carbonyl (C=O) groups is 1. The lowest BCUT2D eigenvalue weighted by molar-refractivity contribution is -0.121. The molecule has 0 heterocycles. The summed E-state index contributed by atoms with van der Waals surface area (Å²) in [5, 5.41) is 3.00. The van der Waals surface area contributed by atoms with Crippen molar-refractivity contribution >= 4 is 5.91 Å². The molecule has 0 radical (unpaired) electrons.